The number of hydrogen-bond donors (Lipinski definition) is 1. The topological polar surface area (TPSA) is 93.2 Å². The third-order valence-corrected chi connectivity index (χ3v) is 5.22. The average Bonchev–Trinajstić information content (AvgIpc) is 2.84. The van der Waals surface area contributed by atoms with Gasteiger partial charge in [0.2, 0.25) is 0 Å². The summed E-state index contributed by atoms with van der Waals surface area (Å²) in [4.78, 5) is 0.218. The summed E-state index contributed by atoms with van der Waals surface area (Å²) in [5.41, 5.74) is 6.31. The van der Waals surface area contributed by atoms with E-state index in [1.165, 1.54) is 24.3 Å². The maximum atomic E-state index is 12.1. The van der Waals surface area contributed by atoms with Crippen LogP contribution in [0, 0.1) is 11.3 Å². The quantitative estimate of drug-likeness (QED) is 0.881. The van der Waals surface area contributed by atoms with E-state index in [2.05, 4.69) is 0 Å². The molecule has 0 heterocycles. The molecule has 0 bridgehead atoms. The van der Waals surface area contributed by atoms with Crippen LogP contribution in [-0.2, 0) is 14.6 Å². The van der Waals surface area contributed by atoms with E-state index in [0.29, 0.717) is 5.56 Å². The zero-order valence-corrected chi connectivity index (χ0v) is 12.0. The van der Waals surface area contributed by atoms with E-state index in [1.807, 2.05) is 6.07 Å². The standard InChI is InChI=1S/C14H18N2O3S/c15-10-11-4-6-12(7-5-11)20(17,18)9-8-19-14-3-1-2-13(14)16/h4-7,13-14H,1-3,8-9,16H2. The maximum Gasteiger partial charge on any atom is 0.180 e. The SMILES string of the molecule is N#Cc1ccc(S(=O)(=O)CCOC2CCCC2N)cc1. The van der Waals surface area contributed by atoms with Crippen LogP contribution in [0.25, 0.3) is 0 Å². The summed E-state index contributed by atoms with van der Waals surface area (Å²) >= 11 is 0. The van der Waals surface area contributed by atoms with E-state index < -0.39 is 9.84 Å². The summed E-state index contributed by atoms with van der Waals surface area (Å²) in [6, 6.07) is 7.89. The van der Waals surface area contributed by atoms with Crippen molar-refractivity contribution in [3.63, 3.8) is 0 Å². The van der Waals surface area contributed by atoms with Crippen molar-refractivity contribution in [2.45, 2.75) is 36.3 Å². The van der Waals surface area contributed by atoms with Crippen LogP contribution in [0.4, 0.5) is 0 Å². The summed E-state index contributed by atoms with van der Waals surface area (Å²) in [7, 11) is -3.37. The molecule has 1 fully saturated rings. The first kappa shape index (κ1) is 15.0. The minimum atomic E-state index is -3.37. The Balaban J connectivity index is 1.91. The molecule has 0 radical (unpaired) electrons. The predicted octanol–water partition coefficient (Wildman–Crippen LogP) is 1.23. The number of nitrogens with zero attached hydrogens (tertiary/aromatic N) is 1. The Morgan fingerprint density at radius 3 is 2.55 bits per heavy atom. The van der Waals surface area contributed by atoms with Gasteiger partial charge in [0.15, 0.2) is 9.84 Å². The van der Waals surface area contributed by atoms with Gasteiger partial charge < -0.3 is 10.5 Å². The van der Waals surface area contributed by atoms with Crippen LogP contribution in [0.2, 0.25) is 0 Å². The largest absolute Gasteiger partial charge is 0.376 e. The van der Waals surface area contributed by atoms with Crippen molar-refractivity contribution >= 4 is 9.84 Å². The second-order valence-corrected chi connectivity index (χ2v) is 7.07. The van der Waals surface area contributed by atoms with E-state index in [1.54, 1.807) is 0 Å². The van der Waals surface area contributed by atoms with Crippen molar-refractivity contribution in [3.8, 4) is 6.07 Å². The van der Waals surface area contributed by atoms with Gasteiger partial charge in [-0.15, -0.1) is 0 Å². The monoisotopic (exact) mass is 294 g/mol. The first-order chi connectivity index (χ1) is 9.53. The van der Waals surface area contributed by atoms with Crippen molar-refractivity contribution in [2.24, 2.45) is 5.73 Å². The Kier molecular flexibility index (Phi) is 4.76. The zero-order valence-electron chi connectivity index (χ0n) is 11.2. The summed E-state index contributed by atoms with van der Waals surface area (Å²) in [6.07, 6.45) is 2.85. The van der Waals surface area contributed by atoms with Crippen molar-refractivity contribution in [2.75, 3.05) is 12.4 Å². The highest BCUT2D eigenvalue weighted by Crippen LogP contribution is 2.20. The van der Waals surface area contributed by atoms with Crippen molar-refractivity contribution < 1.29 is 13.2 Å². The number of rotatable bonds is 5. The fraction of sp³-hybridized carbons (Fsp3) is 0.500. The average molecular weight is 294 g/mol. The fourth-order valence-electron chi connectivity index (χ4n) is 2.33. The van der Waals surface area contributed by atoms with Gasteiger partial charge in [0, 0.05) is 6.04 Å². The van der Waals surface area contributed by atoms with Gasteiger partial charge in [-0.3, -0.25) is 0 Å². The Morgan fingerprint density at radius 1 is 1.30 bits per heavy atom. The molecule has 2 N–H and O–H groups in total. The Bertz CT molecular complexity index is 590. The smallest absolute Gasteiger partial charge is 0.180 e. The van der Waals surface area contributed by atoms with Gasteiger partial charge in [-0.25, -0.2) is 8.42 Å². The normalized spacial score (nSPS) is 22.6. The molecular weight excluding hydrogens is 276 g/mol. The van der Waals surface area contributed by atoms with E-state index in [9.17, 15) is 8.42 Å². The van der Waals surface area contributed by atoms with Gasteiger partial charge in [0.25, 0.3) is 0 Å². The summed E-state index contributed by atoms with van der Waals surface area (Å²) in [5.74, 6) is -0.0673. The second kappa shape index (κ2) is 6.35. The van der Waals surface area contributed by atoms with Crippen LogP contribution in [-0.4, -0.2) is 32.9 Å². The van der Waals surface area contributed by atoms with E-state index >= 15 is 0 Å². The van der Waals surface area contributed by atoms with Crippen molar-refractivity contribution in [1.29, 1.82) is 5.26 Å². The van der Waals surface area contributed by atoms with Gasteiger partial charge in [0.1, 0.15) is 0 Å². The van der Waals surface area contributed by atoms with Crippen LogP contribution in [0.3, 0.4) is 0 Å². The minimum absolute atomic E-state index is 0.0209. The Labute approximate surface area is 119 Å². The Hall–Kier alpha value is -1.42. The molecule has 6 heteroatoms. The molecule has 5 nitrogen and oxygen atoms in total. The highest BCUT2D eigenvalue weighted by atomic mass is 32.2. The molecule has 0 aromatic heterocycles. The molecule has 1 aliphatic carbocycles. The molecule has 1 saturated carbocycles. The van der Waals surface area contributed by atoms with Crippen LogP contribution < -0.4 is 5.73 Å². The molecule has 1 aromatic carbocycles. The number of nitriles is 1. The lowest BCUT2D eigenvalue weighted by Crippen LogP contribution is -2.32. The number of sulfone groups is 1. The molecular formula is C14H18N2O3S. The molecule has 1 aromatic rings. The molecule has 2 rings (SSSR count). The first-order valence-corrected chi connectivity index (χ1v) is 8.28. The summed E-state index contributed by atoms with van der Waals surface area (Å²) < 4.78 is 29.7. The summed E-state index contributed by atoms with van der Waals surface area (Å²) in [6.45, 7) is 0.153. The zero-order chi connectivity index (χ0) is 14.6. The van der Waals surface area contributed by atoms with Gasteiger partial charge in [0.05, 0.1) is 35.0 Å². The molecule has 2 unspecified atom stereocenters. The number of nitrogens with two attached hydrogens (primary N) is 1. The number of hydrogen-bond acceptors (Lipinski definition) is 5. The van der Waals surface area contributed by atoms with Gasteiger partial charge in [-0.2, -0.15) is 5.26 Å². The van der Waals surface area contributed by atoms with Gasteiger partial charge >= 0.3 is 0 Å². The molecule has 0 saturated heterocycles. The predicted molar refractivity (Wildman–Crippen MR) is 74.8 cm³/mol. The lowest BCUT2D eigenvalue weighted by molar-refractivity contribution is 0.0588. The van der Waals surface area contributed by atoms with Gasteiger partial charge in [-0.05, 0) is 43.5 Å². The summed E-state index contributed by atoms with van der Waals surface area (Å²) in [5, 5.41) is 8.69. The van der Waals surface area contributed by atoms with Crippen molar-refractivity contribution in [3.05, 3.63) is 29.8 Å². The lowest BCUT2D eigenvalue weighted by Gasteiger charge is -2.16. The third kappa shape index (κ3) is 3.57. The van der Waals surface area contributed by atoms with E-state index in [0.717, 1.165) is 19.3 Å². The lowest BCUT2D eigenvalue weighted by atomic mass is 10.2. The molecule has 2 atom stereocenters. The first-order valence-electron chi connectivity index (χ1n) is 6.63. The van der Waals surface area contributed by atoms with Crippen LogP contribution in [0.1, 0.15) is 24.8 Å². The maximum absolute atomic E-state index is 12.1. The molecule has 0 spiro atoms. The van der Waals surface area contributed by atoms with E-state index in [4.69, 9.17) is 15.7 Å². The molecule has 0 amide bonds. The van der Waals surface area contributed by atoms with Crippen LogP contribution >= 0.6 is 0 Å². The second-order valence-electron chi connectivity index (χ2n) is 4.96. The molecule has 0 aliphatic heterocycles. The van der Waals surface area contributed by atoms with Crippen LogP contribution in [0.15, 0.2) is 29.2 Å². The van der Waals surface area contributed by atoms with Crippen molar-refractivity contribution in [1.82, 2.24) is 0 Å². The highest BCUT2D eigenvalue weighted by Gasteiger charge is 2.25. The van der Waals surface area contributed by atoms with Crippen LogP contribution in [0.5, 0.6) is 0 Å². The Morgan fingerprint density at radius 2 is 2.00 bits per heavy atom. The highest BCUT2D eigenvalue weighted by molar-refractivity contribution is 7.91. The van der Waals surface area contributed by atoms with E-state index in [-0.39, 0.29) is 29.4 Å². The number of ether oxygens (including phenoxy) is 1. The fourth-order valence-corrected chi connectivity index (χ4v) is 3.43. The minimum Gasteiger partial charge on any atom is -0.376 e. The molecule has 20 heavy (non-hydrogen) atoms. The molecule has 108 valence electrons. The molecule has 1 aliphatic rings. The van der Waals surface area contributed by atoms with Gasteiger partial charge in [-0.1, -0.05) is 0 Å². The third-order valence-electron chi connectivity index (χ3n) is 3.53. The number of benzene rings is 1.